The van der Waals surface area contributed by atoms with Crippen molar-refractivity contribution in [1.82, 2.24) is 4.90 Å². The SMILES string of the molecule is C[C@@H]1CN(C(=O)c2ccc(COc3ccc(F)cc3)o2)C[C@H]1C(=O)O. The number of rotatable bonds is 5. The van der Waals surface area contributed by atoms with E-state index < -0.39 is 11.9 Å². The van der Waals surface area contributed by atoms with Crippen molar-refractivity contribution in [3.05, 3.63) is 53.7 Å². The van der Waals surface area contributed by atoms with Gasteiger partial charge in [-0.25, -0.2) is 4.39 Å². The third kappa shape index (κ3) is 3.81. The molecular weight excluding hydrogens is 329 g/mol. The van der Waals surface area contributed by atoms with Crippen molar-refractivity contribution >= 4 is 11.9 Å². The van der Waals surface area contributed by atoms with E-state index >= 15 is 0 Å². The summed E-state index contributed by atoms with van der Waals surface area (Å²) >= 11 is 0. The van der Waals surface area contributed by atoms with Gasteiger partial charge >= 0.3 is 5.97 Å². The molecule has 3 rings (SSSR count). The maximum atomic E-state index is 12.8. The Morgan fingerprint density at radius 3 is 2.60 bits per heavy atom. The Bertz CT molecular complexity index is 770. The molecule has 0 saturated carbocycles. The second kappa shape index (κ2) is 6.96. The summed E-state index contributed by atoms with van der Waals surface area (Å²) in [4.78, 5) is 25.1. The van der Waals surface area contributed by atoms with Gasteiger partial charge in [0.1, 0.15) is 23.9 Å². The van der Waals surface area contributed by atoms with E-state index in [1.165, 1.54) is 29.2 Å². The van der Waals surface area contributed by atoms with Crippen molar-refractivity contribution in [1.29, 1.82) is 0 Å². The summed E-state index contributed by atoms with van der Waals surface area (Å²) < 4.78 is 23.8. The molecule has 0 bridgehead atoms. The summed E-state index contributed by atoms with van der Waals surface area (Å²) in [5.41, 5.74) is 0. The third-order valence-corrected chi connectivity index (χ3v) is 4.28. The molecule has 0 radical (unpaired) electrons. The summed E-state index contributed by atoms with van der Waals surface area (Å²) in [6.45, 7) is 2.48. The topological polar surface area (TPSA) is 80.0 Å². The second-order valence-electron chi connectivity index (χ2n) is 6.14. The van der Waals surface area contributed by atoms with Gasteiger partial charge < -0.3 is 19.2 Å². The van der Waals surface area contributed by atoms with Crippen LogP contribution in [0.1, 0.15) is 23.2 Å². The number of carbonyl (C=O) groups is 2. The maximum Gasteiger partial charge on any atom is 0.308 e. The number of furan rings is 1. The van der Waals surface area contributed by atoms with E-state index in [1.54, 1.807) is 12.1 Å². The van der Waals surface area contributed by atoms with Crippen molar-refractivity contribution in [2.45, 2.75) is 13.5 Å². The normalized spacial score (nSPS) is 19.8. The number of ether oxygens (including phenoxy) is 1. The fourth-order valence-electron chi connectivity index (χ4n) is 2.87. The first-order valence-corrected chi connectivity index (χ1v) is 7.93. The number of halogens is 1. The molecule has 0 unspecified atom stereocenters. The molecule has 6 nitrogen and oxygen atoms in total. The number of amides is 1. The van der Waals surface area contributed by atoms with Crippen LogP contribution in [0.2, 0.25) is 0 Å². The average Bonchev–Trinajstić information content (AvgIpc) is 3.20. The average molecular weight is 347 g/mol. The zero-order valence-corrected chi connectivity index (χ0v) is 13.6. The lowest BCUT2D eigenvalue weighted by molar-refractivity contribution is -0.142. The predicted octanol–water partition coefficient (Wildman–Crippen LogP) is 2.79. The van der Waals surface area contributed by atoms with Crippen LogP contribution in [0.3, 0.4) is 0 Å². The number of hydrogen-bond donors (Lipinski definition) is 1. The van der Waals surface area contributed by atoms with E-state index in [2.05, 4.69) is 0 Å². The van der Waals surface area contributed by atoms with Crippen molar-refractivity contribution in [3.8, 4) is 5.75 Å². The standard InChI is InChI=1S/C18H18FNO5/c1-11-8-20(9-15(11)18(22)23)17(21)16-7-6-14(25-16)10-24-13-4-2-12(19)3-5-13/h2-7,11,15H,8-10H2,1H3,(H,22,23)/t11-,15-/m1/s1. The zero-order valence-electron chi connectivity index (χ0n) is 13.6. The van der Waals surface area contributed by atoms with Gasteiger partial charge in [0.2, 0.25) is 0 Å². The Hall–Kier alpha value is -2.83. The molecule has 2 aromatic rings. The van der Waals surface area contributed by atoms with Gasteiger partial charge in [-0.05, 0) is 42.3 Å². The van der Waals surface area contributed by atoms with E-state index in [1.807, 2.05) is 6.92 Å². The molecular formula is C18H18FNO5. The minimum absolute atomic E-state index is 0.0994. The van der Waals surface area contributed by atoms with Crippen molar-refractivity contribution in [2.75, 3.05) is 13.1 Å². The number of carboxylic acids is 1. The van der Waals surface area contributed by atoms with Gasteiger partial charge in [-0.3, -0.25) is 9.59 Å². The Morgan fingerprint density at radius 1 is 1.24 bits per heavy atom. The first-order valence-electron chi connectivity index (χ1n) is 7.93. The number of benzene rings is 1. The van der Waals surface area contributed by atoms with Crippen molar-refractivity contribution in [2.24, 2.45) is 11.8 Å². The molecule has 1 fully saturated rings. The predicted molar refractivity (Wildman–Crippen MR) is 85.6 cm³/mol. The molecule has 2 atom stereocenters. The minimum atomic E-state index is -0.893. The van der Waals surface area contributed by atoms with Crippen LogP contribution in [0.15, 0.2) is 40.8 Å². The third-order valence-electron chi connectivity index (χ3n) is 4.28. The molecule has 1 aliphatic heterocycles. The van der Waals surface area contributed by atoms with E-state index in [4.69, 9.17) is 14.3 Å². The van der Waals surface area contributed by atoms with Gasteiger partial charge in [0.25, 0.3) is 5.91 Å². The molecule has 2 heterocycles. The molecule has 1 aromatic heterocycles. The van der Waals surface area contributed by atoms with Crippen LogP contribution in [0.25, 0.3) is 0 Å². The van der Waals surface area contributed by atoms with Crippen molar-refractivity contribution in [3.63, 3.8) is 0 Å². The van der Waals surface area contributed by atoms with Gasteiger partial charge in [0.15, 0.2) is 5.76 Å². The molecule has 1 aliphatic rings. The number of likely N-dealkylation sites (tertiary alicyclic amines) is 1. The molecule has 1 amide bonds. The Balaban J connectivity index is 1.60. The molecule has 0 spiro atoms. The lowest BCUT2D eigenvalue weighted by Gasteiger charge is -2.13. The van der Waals surface area contributed by atoms with E-state index in [-0.39, 0.29) is 36.6 Å². The van der Waals surface area contributed by atoms with E-state index in [0.29, 0.717) is 18.1 Å². The Kier molecular flexibility index (Phi) is 4.74. The van der Waals surface area contributed by atoms with E-state index in [9.17, 15) is 14.0 Å². The molecule has 0 aliphatic carbocycles. The lowest BCUT2D eigenvalue weighted by Crippen LogP contribution is -2.29. The van der Waals surface area contributed by atoms with Gasteiger partial charge in [-0.1, -0.05) is 6.92 Å². The van der Waals surface area contributed by atoms with Crippen LogP contribution in [0.5, 0.6) is 5.75 Å². The summed E-state index contributed by atoms with van der Waals surface area (Å²) in [6.07, 6.45) is 0. The van der Waals surface area contributed by atoms with Crippen molar-refractivity contribution < 1.29 is 28.2 Å². The molecule has 1 saturated heterocycles. The monoisotopic (exact) mass is 347 g/mol. The summed E-state index contributed by atoms with van der Waals surface area (Å²) in [7, 11) is 0. The number of aliphatic carboxylic acids is 1. The van der Waals surface area contributed by atoms with Crippen LogP contribution in [0, 0.1) is 17.7 Å². The quantitative estimate of drug-likeness (QED) is 0.900. The highest BCUT2D eigenvalue weighted by Crippen LogP contribution is 2.25. The van der Waals surface area contributed by atoms with Crippen LogP contribution in [0.4, 0.5) is 4.39 Å². The Labute approximate surface area is 143 Å². The highest BCUT2D eigenvalue weighted by atomic mass is 19.1. The van der Waals surface area contributed by atoms with Crippen LogP contribution in [-0.2, 0) is 11.4 Å². The highest BCUT2D eigenvalue weighted by Gasteiger charge is 2.37. The van der Waals surface area contributed by atoms with Gasteiger partial charge in [0.05, 0.1) is 5.92 Å². The summed E-state index contributed by atoms with van der Waals surface area (Å²) in [5, 5.41) is 9.15. The molecule has 132 valence electrons. The number of hydrogen-bond acceptors (Lipinski definition) is 4. The fraction of sp³-hybridized carbons (Fsp3) is 0.333. The number of carboxylic acid groups (broad SMARTS) is 1. The van der Waals surface area contributed by atoms with Gasteiger partial charge in [-0.2, -0.15) is 0 Å². The molecule has 1 N–H and O–H groups in total. The molecule has 1 aromatic carbocycles. The summed E-state index contributed by atoms with van der Waals surface area (Å²) in [6, 6.07) is 8.76. The molecule has 25 heavy (non-hydrogen) atoms. The smallest absolute Gasteiger partial charge is 0.308 e. The highest BCUT2D eigenvalue weighted by molar-refractivity contribution is 5.92. The minimum Gasteiger partial charge on any atom is -0.486 e. The summed E-state index contributed by atoms with van der Waals surface area (Å²) in [5.74, 6) is -1.14. The number of nitrogens with zero attached hydrogens (tertiary/aromatic N) is 1. The lowest BCUT2D eigenvalue weighted by atomic mass is 9.99. The van der Waals surface area contributed by atoms with Crippen LogP contribution < -0.4 is 4.74 Å². The van der Waals surface area contributed by atoms with Crippen LogP contribution >= 0.6 is 0 Å². The number of carbonyl (C=O) groups excluding carboxylic acids is 1. The first-order chi connectivity index (χ1) is 11.9. The molecule has 7 heteroatoms. The largest absolute Gasteiger partial charge is 0.486 e. The maximum absolute atomic E-state index is 12.8. The van der Waals surface area contributed by atoms with Gasteiger partial charge in [-0.15, -0.1) is 0 Å². The second-order valence-corrected chi connectivity index (χ2v) is 6.14. The van der Waals surface area contributed by atoms with Gasteiger partial charge in [0, 0.05) is 13.1 Å². The fourth-order valence-corrected chi connectivity index (χ4v) is 2.87. The van der Waals surface area contributed by atoms with E-state index in [0.717, 1.165) is 0 Å². The Morgan fingerprint density at radius 2 is 1.96 bits per heavy atom. The zero-order chi connectivity index (χ0) is 18.0. The first kappa shape index (κ1) is 17.0. The van der Waals surface area contributed by atoms with Crippen LogP contribution in [-0.4, -0.2) is 35.0 Å².